The third-order valence-corrected chi connectivity index (χ3v) is 4.24. The number of amides is 1. The molecule has 0 aliphatic heterocycles. The van der Waals surface area contributed by atoms with E-state index in [1.54, 1.807) is 31.4 Å². The second kappa shape index (κ2) is 9.10. The lowest BCUT2D eigenvalue weighted by Gasteiger charge is -2.05. The predicted octanol–water partition coefficient (Wildman–Crippen LogP) is 4.48. The Labute approximate surface area is 168 Å². The first-order chi connectivity index (χ1) is 13.5. The van der Waals surface area contributed by atoms with Crippen LogP contribution in [0.15, 0.2) is 64.1 Å². The lowest BCUT2D eigenvalue weighted by molar-refractivity contribution is -0.119. The van der Waals surface area contributed by atoms with E-state index in [4.69, 9.17) is 20.8 Å². The minimum Gasteiger partial charge on any atom is -0.495 e. The van der Waals surface area contributed by atoms with Crippen LogP contribution in [0.1, 0.15) is 11.3 Å². The maximum Gasteiger partial charge on any atom is 0.259 e. The Morgan fingerprint density at radius 2 is 1.96 bits per heavy atom. The summed E-state index contributed by atoms with van der Waals surface area (Å²) < 4.78 is 10.8. The van der Waals surface area contributed by atoms with Gasteiger partial charge < -0.3 is 14.5 Å². The number of carbonyl (C=O) groups excluding carboxylic acids is 1. The zero-order valence-electron chi connectivity index (χ0n) is 15.5. The average molecular weight is 398 g/mol. The molecule has 0 saturated heterocycles. The summed E-state index contributed by atoms with van der Waals surface area (Å²) in [4.78, 5) is 11.9. The third kappa shape index (κ3) is 5.14. The van der Waals surface area contributed by atoms with Gasteiger partial charge in [0.15, 0.2) is 0 Å². The minimum absolute atomic E-state index is 0.119. The van der Waals surface area contributed by atoms with Gasteiger partial charge in [0.25, 0.3) is 5.91 Å². The largest absolute Gasteiger partial charge is 0.495 e. The van der Waals surface area contributed by atoms with Crippen LogP contribution in [0.3, 0.4) is 0 Å². The number of aryl methyl sites for hydroxylation is 1. The van der Waals surface area contributed by atoms with Crippen molar-refractivity contribution in [2.75, 3.05) is 19.0 Å². The Bertz CT molecular complexity index is 981. The number of hydrogen-bond donors (Lipinski definition) is 2. The van der Waals surface area contributed by atoms with E-state index < -0.39 is 0 Å². The number of methoxy groups -OCH3 is 1. The van der Waals surface area contributed by atoms with Gasteiger partial charge in [-0.05, 0) is 49.4 Å². The number of furan rings is 1. The fraction of sp³-hybridized carbons (Fsp3) is 0.143. The molecule has 3 rings (SSSR count). The molecule has 0 bridgehead atoms. The molecule has 0 fully saturated rings. The summed E-state index contributed by atoms with van der Waals surface area (Å²) in [6, 6.07) is 16.7. The molecule has 1 heterocycles. The summed E-state index contributed by atoms with van der Waals surface area (Å²) in [7, 11) is 1.56. The first-order valence-corrected chi connectivity index (χ1v) is 8.99. The van der Waals surface area contributed by atoms with Crippen molar-refractivity contribution >= 4 is 29.4 Å². The maximum absolute atomic E-state index is 11.9. The molecule has 28 heavy (non-hydrogen) atoms. The van der Waals surface area contributed by atoms with Gasteiger partial charge >= 0.3 is 0 Å². The molecule has 144 valence electrons. The number of hydrogen-bond acceptors (Lipinski definition) is 5. The molecule has 3 aromatic rings. The van der Waals surface area contributed by atoms with Crippen molar-refractivity contribution in [3.05, 3.63) is 70.9 Å². The zero-order chi connectivity index (χ0) is 19.9. The second-order valence-corrected chi connectivity index (χ2v) is 6.47. The summed E-state index contributed by atoms with van der Waals surface area (Å²) in [5.41, 5.74) is 5.31. The molecule has 1 amide bonds. The number of carbonyl (C=O) groups is 1. The predicted molar refractivity (Wildman–Crippen MR) is 111 cm³/mol. The molecule has 0 atom stereocenters. The number of rotatable bonds is 7. The Kier molecular flexibility index (Phi) is 6.34. The second-order valence-electron chi connectivity index (χ2n) is 6.06. The number of halogens is 1. The zero-order valence-corrected chi connectivity index (χ0v) is 16.3. The van der Waals surface area contributed by atoms with Crippen molar-refractivity contribution < 1.29 is 13.9 Å². The highest BCUT2D eigenvalue weighted by Gasteiger charge is 2.07. The average Bonchev–Trinajstić information content (AvgIpc) is 3.16. The van der Waals surface area contributed by atoms with E-state index in [9.17, 15) is 4.79 Å². The molecular formula is C21H20ClN3O3. The van der Waals surface area contributed by atoms with Gasteiger partial charge in [0, 0.05) is 11.3 Å². The fourth-order valence-electron chi connectivity index (χ4n) is 2.46. The van der Waals surface area contributed by atoms with Crippen LogP contribution in [0, 0.1) is 6.92 Å². The highest BCUT2D eigenvalue weighted by molar-refractivity contribution is 6.32. The number of nitrogens with zero attached hydrogens (tertiary/aromatic N) is 1. The van der Waals surface area contributed by atoms with Crippen LogP contribution >= 0.6 is 11.6 Å². The van der Waals surface area contributed by atoms with Gasteiger partial charge in [-0.1, -0.05) is 29.3 Å². The lowest BCUT2D eigenvalue weighted by Crippen LogP contribution is -2.25. The summed E-state index contributed by atoms with van der Waals surface area (Å²) >= 11 is 6.14. The van der Waals surface area contributed by atoms with Gasteiger partial charge in [0.1, 0.15) is 17.3 Å². The van der Waals surface area contributed by atoms with Crippen LogP contribution in [0.5, 0.6) is 5.75 Å². The van der Waals surface area contributed by atoms with E-state index in [-0.39, 0.29) is 12.5 Å². The highest BCUT2D eigenvalue weighted by Crippen LogP contribution is 2.30. The maximum atomic E-state index is 11.9. The van der Waals surface area contributed by atoms with Crippen LogP contribution in [0.2, 0.25) is 5.02 Å². The van der Waals surface area contributed by atoms with Gasteiger partial charge in [0.05, 0.1) is 24.9 Å². The molecule has 0 radical (unpaired) electrons. The summed E-state index contributed by atoms with van der Waals surface area (Å²) in [5.74, 6) is 1.48. The van der Waals surface area contributed by atoms with Crippen LogP contribution in [-0.2, 0) is 4.79 Å². The molecule has 0 saturated carbocycles. The Morgan fingerprint density at radius 3 is 2.68 bits per heavy atom. The summed E-state index contributed by atoms with van der Waals surface area (Å²) in [6.07, 6.45) is 1.44. The Morgan fingerprint density at radius 1 is 1.18 bits per heavy atom. The first kappa shape index (κ1) is 19.5. The standard InChI is InChI=1S/C21H20ClN3O3/c1-14-3-6-16(7-4-14)23-13-21(26)25-24-12-17-8-10-19(28-17)15-5-9-20(27-2)18(22)11-15/h3-12,23H,13H2,1-2H3,(H,25,26)/b24-12-. The van der Waals surface area contributed by atoms with Crippen molar-refractivity contribution in [2.24, 2.45) is 5.10 Å². The van der Waals surface area contributed by atoms with Crippen molar-refractivity contribution in [3.8, 4) is 17.1 Å². The molecule has 0 unspecified atom stereocenters. The van der Waals surface area contributed by atoms with E-state index in [0.29, 0.717) is 22.3 Å². The molecule has 2 N–H and O–H groups in total. The van der Waals surface area contributed by atoms with E-state index in [0.717, 1.165) is 16.8 Å². The van der Waals surface area contributed by atoms with E-state index >= 15 is 0 Å². The molecule has 2 aromatic carbocycles. The number of ether oxygens (including phenoxy) is 1. The number of nitrogens with one attached hydrogen (secondary N) is 2. The van der Waals surface area contributed by atoms with Crippen molar-refractivity contribution in [3.63, 3.8) is 0 Å². The molecule has 6 nitrogen and oxygen atoms in total. The third-order valence-electron chi connectivity index (χ3n) is 3.95. The van der Waals surface area contributed by atoms with Crippen LogP contribution in [0.4, 0.5) is 5.69 Å². The van der Waals surface area contributed by atoms with E-state index in [1.807, 2.05) is 37.3 Å². The van der Waals surface area contributed by atoms with Gasteiger partial charge in [-0.2, -0.15) is 5.10 Å². The molecule has 0 aliphatic rings. The number of hydrazone groups is 1. The van der Waals surface area contributed by atoms with Crippen molar-refractivity contribution in [2.45, 2.75) is 6.92 Å². The molecule has 0 aliphatic carbocycles. The first-order valence-electron chi connectivity index (χ1n) is 8.61. The fourth-order valence-corrected chi connectivity index (χ4v) is 2.72. The molecule has 0 spiro atoms. The number of anilines is 1. The lowest BCUT2D eigenvalue weighted by atomic mass is 10.2. The number of benzene rings is 2. The van der Waals surface area contributed by atoms with Crippen LogP contribution in [0.25, 0.3) is 11.3 Å². The van der Waals surface area contributed by atoms with Gasteiger partial charge in [0.2, 0.25) is 0 Å². The topological polar surface area (TPSA) is 75.9 Å². The van der Waals surface area contributed by atoms with Crippen LogP contribution < -0.4 is 15.5 Å². The van der Waals surface area contributed by atoms with Crippen molar-refractivity contribution in [1.82, 2.24) is 5.43 Å². The molecule has 7 heteroatoms. The van der Waals surface area contributed by atoms with Crippen molar-refractivity contribution in [1.29, 1.82) is 0 Å². The molecule has 1 aromatic heterocycles. The smallest absolute Gasteiger partial charge is 0.259 e. The Hall–Kier alpha value is -3.25. The normalized spacial score (nSPS) is 10.8. The quantitative estimate of drug-likeness (QED) is 0.455. The minimum atomic E-state index is -0.259. The summed E-state index contributed by atoms with van der Waals surface area (Å²) in [6.45, 7) is 2.13. The monoisotopic (exact) mass is 397 g/mol. The van der Waals surface area contributed by atoms with E-state index in [1.165, 1.54) is 6.21 Å². The van der Waals surface area contributed by atoms with Gasteiger partial charge in [-0.25, -0.2) is 5.43 Å². The highest BCUT2D eigenvalue weighted by atomic mass is 35.5. The Balaban J connectivity index is 1.53. The van der Waals surface area contributed by atoms with Crippen LogP contribution in [-0.4, -0.2) is 25.8 Å². The SMILES string of the molecule is COc1ccc(-c2ccc(/C=N\NC(=O)CNc3ccc(C)cc3)o2)cc1Cl. The van der Waals surface area contributed by atoms with Gasteiger partial charge in [-0.15, -0.1) is 0 Å². The van der Waals surface area contributed by atoms with Gasteiger partial charge in [-0.3, -0.25) is 4.79 Å². The van der Waals surface area contributed by atoms with E-state index in [2.05, 4.69) is 15.8 Å². The molecular weight excluding hydrogens is 378 g/mol. The summed E-state index contributed by atoms with van der Waals surface area (Å²) in [5, 5.41) is 7.44.